The first-order valence-corrected chi connectivity index (χ1v) is 12.0. The van der Waals surface area contributed by atoms with E-state index in [1.165, 1.54) is 34.9 Å². The highest BCUT2D eigenvalue weighted by atomic mass is 35.5. The molecule has 4 aromatic carbocycles. The maximum atomic E-state index is 13.6. The number of benzene rings is 4. The second-order valence-electron chi connectivity index (χ2n) is 7.58. The van der Waals surface area contributed by atoms with Crippen LogP contribution in [-0.4, -0.2) is 10.2 Å². The Balaban J connectivity index is 1.41. The average molecular weight is 506 g/mol. The molecule has 1 fully saturated rings. The maximum Gasteiger partial charge on any atom is 0.270 e. The van der Waals surface area contributed by atoms with Crippen LogP contribution in [0.15, 0.2) is 89.8 Å². The third-order valence-electron chi connectivity index (χ3n) is 5.42. The number of carbonyl (C=O) groups excluding carboxylic acids is 1. The molecule has 1 heterocycles. The van der Waals surface area contributed by atoms with Crippen molar-refractivity contribution in [1.82, 2.24) is 0 Å². The van der Waals surface area contributed by atoms with Gasteiger partial charge in [0.05, 0.1) is 15.6 Å². The van der Waals surface area contributed by atoms with Gasteiger partial charge in [-0.1, -0.05) is 96.2 Å². The van der Waals surface area contributed by atoms with E-state index >= 15 is 0 Å². The Labute approximate surface area is 210 Å². The number of amides is 1. The van der Waals surface area contributed by atoms with Crippen LogP contribution in [0, 0.1) is 5.82 Å². The Kier molecular flexibility index (Phi) is 6.37. The molecule has 1 amide bonds. The fraction of sp³-hybridized carbons (Fsp3) is 0.0370. The number of thiocarbonyl (C=S) groups is 1. The minimum atomic E-state index is -0.552. The summed E-state index contributed by atoms with van der Waals surface area (Å²) in [7, 11) is 0. The van der Waals surface area contributed by atoms with Gasteiger partial charge in [-0.15, -0.1) is 0 Å². The van der Waals surface area contributed by atoms with E-state index in [-0.39, 0.29) is 10.9 Å². The summed E-state index contributed by atoms with van der Waals surface area (Å²) in [5, 5.41) is 2.23. The Hall–Kier alpha value is -3.19. The lowest BCUT2D eigenvalue weighted by Gasteiger charge is -2.15. The fourth-order valence-electron chi connectivity index (χ4n) is 3.76. The summed E-state index contributed by atoms with van der Waals surface area (Å²) in [5.74, 6) is -0.185. The van der Waals surface area contributed by atoms with Crippen molar-refractivity contribution in [3.63, 3.8) is 0 Å². The Morgan fingerprint density at radius 3 is 2.62 bits per heavy atom. The van der Waals surface area contributed by atoms with E-state index in [1.54, 1.807) is 6.08 Å². The van der Waals surface area contributed by atoms with Gasteiger partial charge in [-0.25, -0.2) is 4.39 Å². The van der Waals surface area contributed by atoms with Crippen LogP contribution in [0.5, 0.6) is 5.75 Å². The van der Waals surface area contributed by atoms with E-state index in [0.717, 1.165) is 21.9 Å². The number of thioether (sulfide) groups is 1. The highest BCUT2D eigenvalue weighted by molar-refractivity contribution is 8.27. The molecule has 7 heteroatoms. The number of ether oxygens (including phenoxy) is 1. The van der Waals surface area contributed by atoms with E-state index in [2.05, 4.69) is 18.2 Å². The molecule has 0 saturated carbocycles. The van der Waals surface area contributed by atoms with Gasteiger partial charge in [-0.3, -0.25) is 9.69 Å². The van der Waals surface area contributed by atoms with Crippen molar-refractivity contribution < 1.29 is 13.9 Å². The van der Waals surface area contributed by atoms with Gasteiger partial charge in [0.2, 0.25) is 0 Å². The van der Waals surface area contributed by atoms with Crippen LogP contribution in [0.2, 0.25) is 5.02 Å². The van der Waals surface area contributed by atoms with Crippen LogP contribution in [0.4, 0.5) is 10.1 Å². The van der Waals surface area contributed by atoms with Gasteiger partial charge in [0.1, 0.15) is 18.2 Å². The number of carbonyl (C=O) groups is 1. The van der Waals surface area contributed by atoms with Crippen LogP contribution < -0.4 is 9.64 Å². The second kappa shape index (κ2) is 9.58. The number of halogens is 2. The van der Waals surface area contributed by atoms with Crippen LogP contribution in [0.3, 0.4) is 0 Å². The summed E-state index contributed by atoms with van der Waals surface area (Å²) in [6.07, 6.45) is 1.77. The molecule has 5 rings (SSSR count). The van der Waals surface area contributed by atoms with Gasteiger partial charge in [0.15, 0.2) is 4.32 Å². The monoisotopic (exact) mass is 505 g/mol. The third kappa shape index (κ3) is 4.44. The topological polar surface area (TPSA) is 29.5 Å². The number of fused-ring (bicyclic) bond motifs is 1. The molecule has 0 aliphatic carbocycles. The van der Waals surface area contributed by atoms with Crippen LogP contribution in [0.1, 0.15) is 11.1 Å². The molecule has 0 N–H and O–H groups in total. The van der Waals surface area contributed by atoms with E-state index in [1.807, 2.05) is 48.5 Å². The molecule has 4 aromatic rings. The van der Waals surface area contributed by atoms with E-state index < -0.39 is 5.82 Å². The van der Waals surface area contributed by atoms with Crippen molar-refractivity contribution in [1.29, 1.82) is 0 Å². The minimum Gasteiger partial charge on any atom is -0.488 e. The lowest BCUT2D eigenvalue weighted by molar-refractivity contribution is -0.113. The van der Waals surface area contributed by atoms with Crippen LogP contribution in [-0.2, 0) is 11.4 Å². The van der Waals surface area contributed by atoms with Crippen LogP contribution in [0.25, 0.3) is 16.8 Å². The molecule has 34 heavy (non-hydrogen) atoms. The Morgan fingerprint density at radius 1 is 1.00 bits per heavy atom. The molecule has 168 valence electrons. The normalized spacial score (nSPS) is 14.9. The summed E-state index contributed by atoms with van der Waals surface area (Å²) in [6, 6.07) is 25.9. The van der Waals surface area contributed by atoms with Gasteiger partial charge in [-0.05, 0) is 46.7 Å². The summed E-state index contributed by atoms with van der Waals surface area (Å²) in [6.45, 7) is 0.390. The van der Waals surface area contributed by atoms with Gasteiger partial charge >= 0.3 is 0 Å². The summed E-state index contributed by atoms with van der Waals surface area (Å²) >= 11 is 12.5. The Morgan fingerprint density at radius 2 is 1.76 bits per heavy atom. The van der Waals surface area contributed by atoms with Crippen molar-refractivity contribution in [2.75, 3.05) is 4.90 Å². The smallest absolute Gasteiger partial charge is 0.270 e. The SMILES string of the molecule is O=C1/C(=C/c2ccccc2OCc2cccc3ccccc23)SC(=S)N1c1ccc(F)c(Cl)c1. The molecular weight excluding hydrogens is 489 g/mol. The molecule has 1 aliphatic rings. The number of hydrogen-bond acceptors (Lipinski definition) is 4. The predicted octanol–water partition coefficient (Wildman–Crippen LogP) is 7.62. The molecular formula is C27H17ClFNO2S2. The van der Waals surface area contributed by atoms with E-state index in [0.29, 0.717) is 27.3 Å². The molecule has 1 saturated heterocycles. The molecule has 3 nitrogen and oxygen atoms in total. The predicted molar refractivity (Wildman–Crippen MR) is 142 cm³/mol. The van der Waals surface area contributed by atoms with E-state index in [4.69, 9.17) is 28.6 Å². The second-order valence-corrected chi connectivity index (χ2v) is 9.66. The largest absolute Gasteiger partial charge is 0.488 e. The fourth-order valence-corrected chi connectivity index (χ4v) is 5.23. The van der Waals surface area contributed by atoms with Gasteiger partial charge in [-0.2, -0.15) is 0 Å². The summed E-state index contributed by atoms with van der Waals surface area (Å²) in [4.78, 5) is 14.9. The number of para-hydroxylation sites is 1. The quantitative estimate of drug-likeness (QED) is 0.206. The first-order valence-electron chi connectivity index (χ1n) is 10.4. The lowest BCUT2D eigenvalue weighted by Crippen LogP contribution is -2.27. The van der Waals surface area contributed by atoms with Crippen molar-refractivity contribution >= 4 is 68.3 Å². The minimum absolute atomic E-state index is 0.0669. The maximum absolute atomic E-state index is 13.6. The van der Waals surface area contributed by atoms with Crippen molar-refractivity contribution in [3.8, 4) is 5.75 Å². The zero-order valence-corrected chi connectivity index (χ0v) is 20.1. The molecule has 0 atom stereocenters. The Bertz CT molecular complexity index is 1460. The third-order valence-corrected chi connectivity index (χ3v) is 7.02. The van der Waals surface area contributed by atoms with Crippen molar-refractivity contribution in [3.05, 3.63) is 112 Å². The summed E-state index contributed by atoms with van der Waals surface area (Å²) in [5.41, 5.74) is 2.27. The zero-order chi connectivity index (χ0) is 23.7. The van der Waals surface area contributed by atoms with Crippen molar-refractivity contribution in [2.24, 2.45) is 0 Å². The highest BCUT2D eigenvalue weighted by Crippen LogP contribution is 2.38. The summed E-state index contributed by atoms with van der Waals surface area (Å²) < 4.78 is 20.1. The molecule has 0 aromatic heterocycles. The highest BCUT2D eigenvalue weighted by Gasteiger charge is 2.33. The standard InChI is InChI=1S/C27H17ClFNO2S2/c28-22-15-20(12-13-23(22)29)30-26(31)25(34-27(30)33)14-18-7-2-4-11-24(18)32-16-19-9-5-8-17-6-1-3-10-21(17)19/h1-15H,16H2/b25-14-. The molecule has 0 bridgehead atoms. The van der Waals surface area contributed by atoms with Gasteiger partial charge < -0.3 is 4.74 Å². The number of nitrogens with zero attached hydrogens (tertiary/aromatic N) is 1. The lowest BCUT2D eigenvalue weighted by atomic mass is 10.1. The number of hydrogen-bond donors (Lipinski definition) is 0. The molecule has 0 unspecified atom stereocenters. The average Bonchev–Trinajstić information content (AvgIpc) is 3.13. The first-order chi connectivity index (χ1) is 16.5. The van der Waals surface area contributed by atoms with Gasteiger partial charge in [0, 0.05) is 5.56 Å². The van der Waals surface area contributed by atoms with Gasteiger partial charge in [0.25, 0.3) is 5.91 Å². The molecule has 0 radical (unpaired) electrons. The van der Waals surface area contributed by atoms with E-state index in [9.17, 15) is 9.18 Å². The van der Waals surface area contributed by atoms with Crippen molar-refractivity contribution in [2.45, 2.75) is 6.61 Å². The zero-order valence-electron chi connectivity index (χ0n) is 17.7. The number of rotatable bonds is 5. The molecule has 0 spiro atoms. The molecule has 1 aliphatic heterocycles. The number of anilines is 1. The van der Waals surface area contributed by atoms with Crippen LogP contribution >= 0.6 is 35.6 Å². The first kappa shape index (κ1) is 22.6.